The number of hydrogen-bond acceptors (Lipinski definition) is 7. The second kappa shape index (κ2) is 7.62. The monoisotopic (exact) mass is 372 g/mol. The highest BCUT2D eigenvalue weighted by Crippen LogP contribution is 2.34. The van der Waals surface area contributed by atoms with Gasteiger partial charge in [-0.25, -0.2) is 0 Å². The van der Waals surface area contributed by atoms with Crippen LogP contribution in [0.1, 0.15) is 10.6 Å². The summed E-state index contributed by atoms with van der Waals surface area (Å²) in [5.74, 6) is 0.638. The van der Waals surface area contributed by atoms with Gasteiger partial charge >= 0.3 is 0 Å². The van der Waals surface area contributed by atoms with Crippen LogP contribution < -0.4 is 4.74 Å². The molecule has 0 saturated carbocycles. The lowest BCUT2D eigenvalue weighted by Crippen LogP contribution is -2.29. The molecule has 0 N–H and O–H groups in total. The third-order valence-electron chi connectivity index (χ3n) is 3.30. The van der Waals surface area contributed by atoms with Gasteiger partial charge in [-0.15, -0.1) is 16.8 Å². The van der Waals surface area contributed by atoms with Gasteiger partial charge in [0, 0.05) is 6.54 Å². The Hall–Kier alpha value is -2.45. The van der Waals surface area contributed by atoms with Crippen LogP contribution >= 0.6 is 23.1 Å². The van der Waals surface area contributed by atoms with E-state index in [1.807, 2.05) is 37.3 Å². The van der Waals surface area contributed by atoms with Gasteiger partial charge in [-0.3, -0.25) is 9.69 Å². The van der Waals surface area contributed by atoms with Gasteiger partial charge in [0.05, 0.1) is 12.0 Å². The van der Waals surface area contributed by atoms with Crippen LogP contribution in [0.5, 0.6) is 5.75 Å². The Morgan fingerprint density at radius 3 is 2.92 bits per heavy atom. The van der Waals surface area contributed by atoms with Gasteiger partial charge in [0.15, 0.2) is 5.17 Å². The molecule has 1 aliphatic heterocycles. The Morgan fingerprint density at radius 1 is 1.40 bits per heavy atom. The van der Waals surface area contributed by atoms with Crippen molar-refractivity contribution in [1.82, 2.24) is 15.1 Å². The molecule has 0 atom stereocenters. The minimum absolute atomic E-state index is 0.104. The molecule has 8 heteroatoms. The summed E-state index contributed by atoms with van der Waals surface area (Å²) in [7, 11) is 1.61. The van der Waals surface area contributed by atoms with Crippen molar-refractivity contribution >= 4 is 45.4 Å². The molecule has 1 saturated heterocycles. The number of benzene rings is 1. The lowest BCUT2D eigenvalue weighted by molar-refractivity contribution is -0.121. The standard InChI is InChI=1S/C17H16N4O2S2/c1-4-8-21-15(22)14(10-12-6-5-7-13(9-12)23-3)25-17(21)18-16-20-19-11(2)24-16/h4-7,9-10H,1,8H2,2-3H3/b14-10-,18-17+. The Labute approximate surface area is 153 Å². The summed E-state index contributed by atoms with van der Waals surface area (Å²) >= 11 is 2.70. The fourth-order valence-corrected chi connectivity index (χ4v) is 3.78. The molecule has 0 radical (unpaired) electrons. The summed E-state index contributed by atoms with van der Waals surface area (Å²) < 4.78 is 5.23. The van der Waals surface area contributed by atoms with E-state index in [0.29, 0.717) is 21.7 Å². The maximum Gasteiger partial charge on any atom is 0.267 e. The van der Waals surface area contributed by atoms with E-state index in [1.165, 1.54) is 23.1 Å². The summed E-state index contributed by atoms with van der Waals surface area (Å²) in [5, 5.41) is 9.89. The zero-order valence-electron chi connectivity index (χ0n) is 13.8. The minimum atomic E-state index is -0.104. The van der Waals surface area contributed by atoms with Gasteiger partial charge < -0.3 is 4.74 Å². The van der Waals surface area contributed by atoms with Gasteiger partial charge in [0.1, 0.15) is 10.8 Å². The van der Waals surface area contributed by atoms with E-state index in [1.54, 1.807) is 18.1 Å². The van der Waals surface area contributed by atoms with Crippen LogP contribution in [0.25, 0.3) is 6.08 Å². The first kappa shape index (κ1) is 17.4. The fraction of sp³-hybridized carbons (Fsp3) is 0.176. The predicted octanol–water partition coefficient (Wildman–Crippen LogP) is 3.65. The van der Waals surface area contributed by atoms with Gasteiger partial charge in [0.2, 0.25) is 5.13 Å². The first-order valence-corrected chi connectivity index (χ1v) is 9.09. The molecular formula is C17H16N4O2S2. The van der Waals surface area contributed by atoms with E-state index >= 15 is 0 Å². The van der Waals surface area contributed by atoms with Crippen molar-refractivity contribution in [1.29, 1.82) is 0 Å². The van der Waals surface area contributed by atoms with Crippen molar-refractivity contribution in [2.75, 3.05) is 13.7 Å². The topological polar surface area (TPSA) is 67.7 Å². The van der Waals surface area contributed by atoms with Crippen LogP contribution in [0.3, 0.4) is 0 Å². The number of ether oxygens (including phenoxy) is 1. The summed E-state index contributed by atoms with van der Waals surface area (Å²) in [6.07, 6.45) is 3.51. The predicted molar refractivity (Wildman–Crippen MR) is 102 cm³/mol. The average Bonchev–Trinajstić information content (AvgIpc) is 3.14. The highest BCUT2D eigenvalue weighted by atomic mass is 32.2. The smallest absolute Gasteiger partial charge is 0.267 e. The molecular weight excluding hydrogens is 356 g/mol. The lowest BCUT2D eigenvalue weighted by atomic mass is 10.2. The number of amidine groups is 1. The average molecular weight is 372 g/mol. The molecule has 0 aliphatic carbocycles. The number of hydrogen-bond donors (Lipinski definition) is 0. The van der Waals surface area contributed by atoms with E-state index in [2.05, 4.69) is 21.8 Å². The van der Waals surface area contributed by atoms with Gasteiger partial charge in [-0.05, 0) is 42.5 Å². The highest BCUT2D eigenvalue weighted by Gasteiger charge is 2.32. The van der Waals surface area contributed by atoms with Gasteiger partial charge in [-0.2, -0.15) is 4.99 Å². The number of aliphatic imine (C=N–C) groups is 1. The normalized spacial score (nSPS) is 17.5. The van der Waals surface area contributed by atoms with Crippen LogP contribution in [-0.4, -0.2) is 39.8 Å². The van der Waals surface area contributed by atoms with Crippen molar-refractivity contribution < 1.29 is 9.53 Å². The molecule has 2 heterocycles. The van der Waals surface area contributed by atoms with Crippen molar-refractivity contribution in [3.05, 3.63) is 52.4 Å². The number of methoxy groups -OCH3 is 1. The molecule has 2 aromatic rings. The fourth-order valence-electron chi connectivity index (χ4n) is 2.18. The largest absolute Gasteiger partial charge is 0.497 e. The second-order valence-corrected chi connectivity index (χ2v) is 7.26. The third kappa shape index (κ3) is 3.97. The Balaban J connectivity index is 1.93. The maximum absolute atomic E-state index is 12.7. The molecule has 1 fully saturated rings. The summed E-state index contributed by atoms with van der Waals surface area (Å²) in [6, 6.07) is 7.54. The Kier molecular flexibility index (Phi) is 5.30. The summed E-state index contributed by atoms with van der Waals surface area (Å²) in [6.45, 7) is 5.97. The lowest BCUT2D eigenvalue weighted by Gasteiger charge is -2.11. The van der Waals surface area contributed by atoms with Crippen molar-refractivity contribution in [2.24, 2.45) is 4.99 Å². The molecule has 1 amide bonds. The number of nitrogens with zero attached hydrogens (tertiary/aromatic N) is 4. The summed E-state index contributed by atoms with van der Waals surface area (Å²) in [4.78, 5) is 19.4. The van der Waals surface area contributed by atoms with E-state index < -0.39 is 0 Å². The Bertz CT molecular complexity index is 873. The van der Waals surface area contributed by atoms with Gasteiger partial charge in [0.25, 0.3) is 5.91 Å². The SMILES string of the molecule is C=CCN1C(=O)/C(=C/c2cccc(OC)c2)S/C1=N/c1nnc(C)s1. The van der Waals surface area contributed by atoms with Crippen molar-refractivity contribution in [2.45, 2.75) is 6.92 Å². The molecule has 6 nitrogen and oxygen atoms in total. The molecule has 0 spiro atoms. The first-order valence-electron chi connectivity index (χ1n) is 7.46. The number of rotatable bonds is 5. The van der Waals surface area contributed by atoms with Gasteiger partial charge in [-0.1, -0.05) is 29.5 Å². The third-order valence-corrected chi connectivity index (χ3v) is 5.04. The quantitative estimate of drug-likeness (QED) is 0.592. The molecule has 0 bridgehead atoms. The van der Waals surface area contributed by atoms with Crippen LogP contribution in [-0.2, 0) is 4.79 Å². The van der Waals surface area contributed by atoms with E-state index in [-0.39, 0.29) is 5.91 Å². The maximum atomic E-state index is 12.7. The number of thioether (sulfide) groups is 1. The van der Waals surface area contributed by atoms with Crippen LogP contribution in [0.2, 0.25) is 0 Å². The number of aryl methyl sites for hydroxylation is 1. The first-order chi connectivity index (χ1) is 12.1. The molecule has 1 aromatic heterocycles. The minimum Gasteiger partial charge on any atom is -0.497 e. The second-order valence-electron chi connectivity index (χ2n) is 5.09. The Morgan fingerprint density at radius 2 is 2.24 bits per heavy atom. The van der Waals surface area contributed by atoms with Crippen LogP contribution in [0, 0.1) is 6.92 Å². The molecule has 1 aliphatic rings. The zero-order chi connectivity index (χ0) is 17.8. The molecule has 25 heavy (non-hydrogen) atoms. The molecule has 0 unspecified atom stereocenters. The van der Waals surface area contributed by atoms with Crippen molar-refractivity contribution in [3.63, 3.8) is 0 Å². The summed E-state index contributed by atoms with van der Waals surface area (Å²) in [5.41, 5.74) is 0.891. The van der Waals surface area contributed by atoms with E-state index in [9.17, 15) is 4.79 Å². The molecule has 1 aromatic carbocycles. The van der Waals surface area contributed by atoms with Crippen LogP contribution in [0.15, 0.2) is 46.8 Å². The van der Waals surface area contributed by atoms with Crippen LogP contribution in [0.4, 0.5) is 5.13 Å². The van der Waals surface area contributed by atoms with Crippen molar-refractivity contribution in [3.8, 4) is 5.75 Å². The zero-order valence-corrected chi connectivity index (χ0v) is 15.4. The number of carbonyl (C=O) groups is 1. The number of carbonyl (C=O) groups excluding carboxylic acids is 1. The molecule has 128 valence electrons. The van der Waals surface area contributed by atoms with E-state index in [0.717, 1.165) is 16.3 Å². The highest BCUT2D eigenvalue weighted by molar-refractivity contribution is 8.18. The molecule has 3 rings (SSSR count). The van der Waals surface area contributed by atoms with E-state index in [4.69, 9.17) is 4.74 Å². The number of aromatic nitrogens is 2. The number of amides is 1.